The molecule has 0 spiro atoms. The van der Waals surface area contributed by atoms with Crippen LogP contribution in [0.5, 0.6) is 0 Å². The molecule has 0 bridgehead atoms. The van der Waals surface area contributed by atoms with E-state index in [4.69, 9.17) is 0 Å². The molecule has 0 aliphatic carbocycles. The second-order valence-corrected chi connectivity index (χ2v) is 3.72. The van der Waals surface area contributed by atoms with Crippen LogP contribution in [0.2, 0.25) is 0 Å². The molecule has 0 saturated heterocycles. The molecular formula is C8H14INO2. The molecule has 1 atom stereocenters. The van der Waals surface area contributed by atoms with Crippen LogP contribution in [-0.4, -0.2) is 30.1 Å². The fourth-order valence-corrected chi connectivity index (χ4v) is 1.19. The molecule has 0 aromatic rings. The van der Waals surface area contributed by atoms with Gasteiger partial charge < -0.3 is 10.1 Å². The molecule has 3 nitrogen and oxygen atoms in total. The zero-order chi connectivity index (χ0) is 9.40. The normalized spacial score (nSPS) is 13.2. The first-order valence-corrected chi connectivity index (χ1v) is 5.00. The molecule has 0 aromatic carbocycles. The molecular weight excluding hydrogens is 269 g/mol. The highest BCUT2D eigenvalue weighted by Crippen LogP contribution is 2.00. The number of halogens is 1. The number of carbonyl (C=O) groups is 1. The van der Waals surface area contributed by atoms with E-state index < -0.39 is 0 Å². The van der Waals surface area contributed by atoms with Crippen LogP contribution in [0.3, 0.4) is 0 Å². The van der Waals surface area contributed by atoms with Crippen LogP contribution >= 0.6 is 22.6 Å². The van der Waals surface area contributed by atoms with Crippen molar-refractivity contribution in [2.75, 3.05) is 20.2 Å². The van der Waals surface area contributed by atoms with Crippen LogP contribution in [-0.2, 0) is 9.53 Å². The third-order valence-electron chi connectivity index (χ3n) is 1.28. The first-order valence-electron chi connectivity index (χ1n) is 3.76. The number of carbonyl (C=O) groups excluding carboxylic acids is 1. The average molecular weight is 283 g/mol. The van der Waals surface area contributed by atoms with E-state index in [9.17, 15) is 4.79 Å². The lowest BCUT2D eigenvalue weighted by Crippen LogP contribution is -2.29. The van der Waals surface area contributed by atoms with Crippen molar-refractivity contribution in [3.63, 3.8) is 0 Å². The van der Waals surface area contributed by atoms with Crippen molar-refractivity contribution in [2.24, 2.45) is 0 Å². The van der Waals surface area contributed by atoms with E-state index in [0.717, 1.165) is 6.54 Å². The lowest BCUT2D eigenvalue weighted by molar-refractivity contribution is -0.139. The van der Waals surface area contributed by atoms with E-state index >= 15 is 0 Å². The zero-order valence-electron chi connectivity index (χ0n) is 7.34. The standard InChI is InChI=1S/C8H14INO2/c1-3-4-5-10-6-7(9)8(11)12-2/h3-4,7,10H,5-6H2,1-2H3/b4-3+. The van der Waals surface area contributed by atoms with Gasteiger partial charge in [-0.3, -0.25) is 4.79 Å². The van der Waals surface area contributed by atoms with Crippen LogP contribution in [0.4, 0.5) is 0 Å². The molecule has 0 aromatic heterocycles. The fraction of sp³-hybridized carbons (Fsp3) is 0.625. The Balaban J connectivity index is 3.43. The minimum atomic E-state index is -0.177. The minimum absolute atomic E-state index is 0.0992. The van der Waals surface area contributed by atoms with Gasteiger partial charge in [0.15, 0.2) is 0 Å². The third-order valence-corrected chi connectivity index (χ3v) is 2.23. The van der Waals surface area contributed by atoms with Gasteiger partial charge in [0.1, 0.15) is 3.92 Å². The van der Waals surface area contributed by atoms with Gasteiger partial charge in [0.2, 0.25) is 0 Å². The predicted octanol–water partition coefficient (Wildman–Crippen LogP) is 1.13. The van der Waals surface area contributed by atoms with Crippen molar-refractivity contribution in [3.8, 4) is 0 Å². The fourth-order valence-electron chi connectivity index (χ4n) is 0.622. The molecule has 1 N–H and O–H groups in total. The Morgan fingerprint density at radius 2 is 2.42 bits per heavy atom. The topological polar surface area (TPSA) is 38.3 Å². The molecule has 0 heterocycles. The van der Waals surface area contributed by atoms with Gasteiger partial charge in [-0.15, -0.1) is 0 Å². The summed E-state index contributed by atoms with van der Waals surface area (Å²) in [4.78, 5) is 10.9. The van der Waals surface area contributed by atoms with Crippen molar-refractivity contribution < 1.29 is 9.53 Å². The highest BCUT2D eigenvalue weighted by Gasteiger charge is 2.13. The summed E-state index contributed by atoms with van der Waals surface area (Å²) < 4.78 is 4.47. The highest BCUT2D eigenvalue weighted by atomic mass is 127. The van der Waals surface area contributed by atoms with Crippen molar-refractivity contribution in [1.82, 2.24) is 5.32 Å². The Bertz CT molecular complexity index is 159. The first kappa shape index (κ1) is 11.9. The SMILES string of the molecule is C/C=C/CNCC(I)C(=O)OC. The summed E-state index contributed by atoms with van der Waals surface area (Å²) in [6.45, 7) is 3.41. The van der Waals surface area contributed by atoms with E-state index in [1.54, 1.807) is 0 Å². The second-order valence-electron chi connectivity index (χ2n) is 2.22. The zero-order valence-corrected chi connectivity index (χ0v) is 9.50. The van der Waals surface area contributed by atoms with E-state index in [1.165, 1.54) is 7.11 Å². The summed E-state index contributed by atoms with van der Waals surface area (Å²) in [5.41, 5.74) is 0. The van der Waals surface area contributed by atoms with Gasteiger partial charge in [0, 0.05) is 13.1 Å². The number of hydrogen-bond acceptors (Lipinski definition) is 3. The molecule has 0 saturated carbocycles. The molecule has 0 aliphatic rings. The molecule has 0 amide bonds. The predicted molar refractivity (Wildman–Crippen MR) is 57.5 cm³/mol. The summed E-state index contributed by atoms with van der Waals surface area (Å²) in [5.74, 6) is -0.177. The summed E-state index contributed by atoms with van der Waals surface area (Å²) in [6, 6.07) is 0. The number of ether oxygens (including phenoxy) is 1. The van der Waals surface area contributed by atoms with Gasteiger partial charge in [0.05, 0.1) is 7.11 Å². The third kappa shape index (κ3) is 5.54. The Morgan fingerprint density at radius 1 is 1.75 bits per heavy atom. The molecule has 0 rings (SSSR count). The average Bonchev–Trinajstić information content (AvgIpc) is 2.10. The van der Waals surface area contributed by atoms with E-state index in [-0.39, 0.29) is 9.89 Å². The second kappa shape index (κ2) is 7.54. The highest BCUT2D eigenvalue weighted by molar-refractivity contribution is 14.1. The van der Waals surface area contributed by atoms with Crippen molar-refractivity contribution >= 4 is 28.6 Å². The van der Waals surface area contributed by atoms with Crippen molar-refractivity contribution in [2.45, 2.75) is 10.8 Å². The first-order chi connectivity index (χ1) is 5.72. The molecule has 12 heavy (non-hydrogen) atoms. The quantitative estimate of drug-likeness (QED) is 0.270. The molecule has 70 valence electrons. The summed E-state index contributed by atoms with van der Waals surface area (Å²) in [5, 5.41) is 3.11. The summed E-state index contributed by atoms with van der Waals surface area (Å²) in [6.07, 6.45) is 3.97. The number of hydrogen-bond donors (Lipinski definition) is 1. The molecule has 0 aliphatic heterocycles. The number of methoxy groups -OCH3 is 1. The maximum atomic E-state index is 10.9. The number of allylic oxidation sites excluding steroid dienone is 1. The lowest BCUT2D eigenvalue weighted by Gasteiger charge is -2.06. The summed E-state index contributed by atoms with van der Waals surface area (Å²) >= 11 is 2.06. The van der Waals surface area contributed by atoms with E-state index in [1.807, 2.05) is 19.1 Å². The van der Waals surface area contributed by atoms with Gasteiger partial charge in [-0.2, -0.15) is 0 Å². The van der Waals surface area contributed by atoms with E-state index in [0.29, 0.717) is 6.54 Å². The molecule has 0 radical (unpaired) electrons. The van der Waals surface area contributed by atoms with Crippen molar-refractivity contribution in [3.05, 3.63) is 12.2 Å². The smallest absolute Gasteiger partial charge is 0.319 e. The van der Waals surface area contributed by atoms with Crippen LogP contribution < -0.4 is 5.32 Å². The number of alkyl halides is 1. The maximum absolute atomic E-state index is 10.9. The van der Waals surface area contributed by atoms with Crippen LogP contribution in [0.25, 0.3) is 0 Å². The Hall–Kier alpha value is -0.100. The maximum Gasteiger partial charge on any atom is 0.319 e. The van der Waals surface area contributed by atoms with Crippen LogP contribution in [0.1, 0.15) is 6.92 Å². The molecule has 4 heteroatoms. The Morgan fingerprint density at radius 3 is 2.92 bits per heavy atom. The molecule has 1 unspecified atom stereocenters. The largest absolute Gasteiger partial charge is 0.468 e. The van der Waals surface area contributed by atoms with Crippen molar-refractivity contribution in [1.29, 1.82) is 0 Å². The van der Waals surface area contributed by atoms with Crippen LogP contribution in [0, 0.1) is 0 Å². The monoisotopic (exact) mass is 283 g/mol. The lowest BCUT2D eigenvalue weighted by atomic mass is 10.4. The van der Waals surface area contributed by atoms with Gasteiger partial charge in [0.25, 0.3) is 0 Å². The van der Waals surface area contributed by atoms with Gasteiger partial charge in [-0.25, -0.2) is 0 Å². The van der Waals surface area contributed by atoms with E-state index in [2.05, 4.69) is 32.6 Å². The minimum Gasteiger partial charge on any atom is -0.468 e. The van der Waals surface area contributed by atoms with Gasteiger partial charge >= 0.3 is 5.97 Å². The molecule has 0 fully saturated rings. The number of rotatable bonds is 5. The van der Waals surface area contributed by atoms with Gasteiger partial charge in [-0.05, 0) is 6.92 Å². The van der Waals surface area contributed by atoms with Gasteiger partial charge in [-0.1, -0.05) is 34.7 Å². The Kier molecular flexibility index (Phi) is 7.48. The number of esters is 1. The summed E-state index contributed by atoms with van der Waals surface area (Å²) in [7, 11) is 1.40. The number of nitrogens with one attached hydrogen (secondary N) is 1. The Labute approximate surface area is 86.7 Å². The van der Waals surface area contributed by atoms with Crippen LogP contribution in [0.15, 0.2) is 12.2 Å².